The molecule has 2 aromatic rings. The first kappa shape index (κ1) is 14.1. The Hall–Kier alpha value is -1.88. The van der Waals surface area contributed by atoms with Crippen molar-refractivity contribution in [3.05, 3.63) is 45.9 Å². The smallest absolute Gasteiger partial charge is 0.255 e. The highest BCUT2D eigenvalue weighted by molar-refractivity contribution is 7.09. The Balaban J connectivity index is 1.64. The Morgan fingerprint density at radius 3 is 2.95 bits per heavy atom. The topological polar surface area (TPSA) is 51.2 Å². The number of hydrogen-bond acceptors (Lipinski definition) is 4. The maximum atomic E-state index is 12.2. The van der Waals surface area contributed by atoms with Crippen molar-refractivity contribution in [2.45, 2.75) is 26.4 Å². The molecule has 1 amide bonds. The van der Waals surface area contributed by atoms with Gasteiger partial charge in [-0.15, -0.1) is 11.3 Å². The van der Waals surface area contributed by atoms with Crippen LogP contribution in [0.1, 0.15) is 33.9 Å². The number of thiazole rings is 1. The van der Waals surface area contributed by atoms with E-state index in [4.69, 9.17) is 4.74 Å². The van der Waals surface area contributed by atoms with E-state index in [1.807, 2.05) is 30.5 Å². The summed E-state index contributed by atoms with van der Waals surface area (Å²) >= 11 is 1.60. The molecule has 1 aliphatic carbocycles. The second kappa shape index (κ2) is 6.26. The Kier molecular flexibility index (Phi) is 4.20. The lowest BCUT2D eigenvalue weighted by atomic mass is 10.2. The van der Waals surface area contributed by atoms with Crippen LogP contribution in [0.15, 0.2) is 29.6 Å². The SMILES string of the molecule is Cc1nc(COc2ccccc2C(=O)NCC2CC2)cs1. The number of aryl methyl sites for hydroxylation is 1. The summed E-state index contributed by atoms with van der Waals surface area (Å²) in [7, 11) is 0. The maximum absolute atomic E-state index is 12.2. The Morgan fingerprint density at radius 1 is 1.43 bits per heavy atom. The van der Waals surface area contributed by atoms with Crippen LogP contribution >= 0.6 is 11.3 Å². The molecule has 0 unspecified atom stereocenters. The number of aromatic nitrogens is 1. The monoisotopic (exact) mass is 302 g/mol. The lowest BCUT2D eigenvalue weighted by Gasteiger charge is -2.10. The number of hydrogen-bond donors (Lipinski definition) is 1. The van der Waals surface area contributed by atoms with Crippen LogP contribution in [-0.4, -0.2) is 17.4 Å². The highest BCUT2D eigenvalue weighted by Crippen LogP contribution is 2.28. The normalized spacial score (nSPS) is 14.0. The molecule has 1 aliphatic rings. The molecule has 0 radical (unpaired) electrons. The first-order valence-corrected chi connectivity index (χ1v) is 8.01. The molecule has 0 bridgehead atoms. The average Bonchev–Trinajstić information content (AvgIpc) is 3.24. The van der Waals surface area contributed by atoms with Crippen LogP contribution < -0.4 is 10.1 Å². The molecule has 0 spiro atoms. The average molecular weight is 302 g/mol. The van der Waals surface area contributed by atoms with Gasteiger partial charge in [-0.1, -0.05) is 12.1 Å². The van der Waals surface area contributed by atoms with E-state index >= 15 is 0 Å². The van der Waals surface area contributed by atoms with Gasteiger partial charge in [-0.3, -0.25) is 4.79 Å². The molecule has 110 valence electrons. The predicted molar refractivity (Wildman–Crippen MR) is 82.7 cm³/mol. The van der Waals surface area contributed by atoms with Gasteiger partial charge in [0, 0.05) is 11.9 Å². The Labute approximate surface area is 128 Å². The quantitative estimate of drug-likeness (QED) is 0.891. The number of nitrogens with one attached hydrogen (secondary N) is 1. The molecule has 1 heterocycles. The summed E-state index contributed by atoms with van der Waals surface area (Å²) in [5.74, 6) is 1.21. The maximum Gasteiger partial charge on any atom is 0.255 e. The van der Waals surface area contributed by atoms with Crippen molar-refractivity contribution < 1.29 is 9.53 Å². The highest BCUT2D eigenvalue weighted by Gasteiger charge is 2.22. The number of nitrogens with zero attached hydrogens (tertiary/aromatic N) is 1. The van der Waals surface area contributed by atoms with Gasteiger partial charge in [-0.25, -0.2) is 4.98 Å². The molecule has 0 atom stereocenters. The highest BCUT2D eigenvalue weighted by atomic mass is 32.1. The van der Waals surface area contributed by atoms with Crippen molar-refractivity contribution in [3.63, 3.8) is 0 Å². The summed E-state index contributed by atoms with van der Waals surface area (Å²) in [5.41, 5.74) is 1.48. The van der Waals surface area contributed by atoms with Crippen LogP contribution in [-0.2, 0) is 6.61 Å². The molecule has 1 aromatic heterocycles. The van der Waals surface area contributed by atoms with Crippen molar-refractivity contribution in [2.75, 3.05) is 6.54 Å². The first-order chi connectivity index (χ1) is 10.2. The summed E-state index contributed by atoms with van der Waals surface area (Å²) in [6.45, 7) is 3.11. The summed E-state index contributed by atoms with van der Waals surface area (Å²) < 4.78 is 5.76. The van der Waals surface area contributed by atoms with E-state index in [1.165, 1.54) is 12.8 Å². The Bertz CT molecular complexity index is 635. The van der Waals surface area contributed by atoms with Crippen LogP contribution in [0, 0.1) is 12.8 Å². The molecule has 0 aliphatic heterocycles. The van der Waals surface area contributed by atoms with Crippen molar-refractivity contribution in [3.8, 4) is 5.75 Å². The molecular formula is C16H18N2O2S. The van der Waals surface area contributed by atoms with Crippen molar-refractivity contribution in [1.82, 2.24) is 10.3 Å². The molecule has 5 heteroatoms. The van der Waals surface area contributed by atoms with Gasteiger partial charge in [0.05, 0.1) is 16.3 Å². The fraction of sp³-hybridized carbons (Fsp3) is 0.375. The second-order valence-corrected chi connectivity index (χ2v) is 6.36. The zero-order chi connectivity index (χ0) is 14.7. The van der Waals surface area contributed by atoms with E-state index in [-0.39, 0.29) is 5.91 Å². The third-order valence-electron chi connectivity index (χ3n) is 3.42. The molecule has 0 saturated heterocycles. The summed E-state index contributed by atoms with van der Waals surface area (Å²) in [6.07, 6.45) is 2.45. The number of carbonyl (C=O) groups is 1. The van der Waals surface area contributed by atoms with Crippen molar-refractivity contribution in [2.24, 2.45) is 5.92 Å². The van der Waals surface area contributed by atoms with Crippen LogP contribution in [0.25, 0.3) is 0 Å². The standard InChI is InChI=1S/C16H18N2O2S/c1-11-18-13(10-21-11)9-20-15-5-3-2-4-14(15)16(19)17-8-12-6-7-12/h2-5,10,12H,6-9H2,1H3,(H,17,19). The fourth-order valence-corrected chi connectivity index (χ4v) is 2.66. The molecule has 1 saturated carbocycles. The van der Waals surface area contributed by atoms with Gasteiger partial charge >= 0.3 is 0 Å². The molecule has 4 nitrogen and oxygen atoms in total. The lowest BCUT2D eigenvalue weighted by Crippen LogP contribution is -2.26. The molecule has 1 N–H and O–H groups in total. The van der Waals surface area contributed by atoms with Crippen LogP contribution in [0.5, 0.6) is 5.75 Å². The largest absolute Gasteiger partial charge is 0.486 e. The summed E-state index contributed by atoms with van der Waals surface area (Å²) in [4.78, 5) is 16.6. The minimum atomic E-state index is -0.0630. The minimum absolute atomic E-state index is 0.0630. The molecule has 21 heavy (non-hydrogen) atoms. The van der Waals surface area contributed by atoms with Gasteiger partial charge < -0.3 is 10.1 Å². The Morgan fingerprint density at radius 2 is 2.24 bits per heavy atom. The van der Waals surface area contributed by atoms with Crippen LogP contribution in [0.3, 0.4) is 0 Å². The number of amides is 1. The first-order valence-electron chi connectivity index (χ1n) is 7.13. The van der Waals surface area contributed by atoms with E-state index in [9.17, 15) is 4.79 Å². The van der Waals surface area contributed by atoms with Gasteiger partial charge in [0.1, 0.15) is 12.4 Å². The molecular weight excluding hydrogens is 284 g/mol. The number of para-hydroxylation sites is 1. The third-order valence-corrected chi connectivity index (χ3v) is 4.24. The second-order valence-electron chi connectivity index (χ2n) is 5.30. The van der Waals surface area contributed by atoms with Crippen molar-refractivity contribution in [1.29, 1.82) is 0 Å². The molecule has 1 aromatic carbocycles. The van der Waals surface area contributed by atoms with E-state index in [0.29, 0.717) is 23.8 Å². The zero-order valence-corrected chi connectivity index (χ0v) is 12.8. The predicted octanol–water partition coefficient (Wildman–Crippen LogP) is 3.17. The van der Waals surface area contributed by atoms with Gasteiger partial charge in [-0.2, -0.15) is 0 Å². The van der Waals surface area contributed by atoms with E-state index in [2.05, 4.69) is 10.3 Å². The van der Waals surface area contributed by atoms with Gasteiger partial charge in [0.25, 0.3) is 5.91 Å². The summed E-state index contributed by atoms with van der Waals surface area (Å²) in [5, 5.41) is 5.97. The fourth-order valence-electron chi connectivity index (χ4n) is 2.06. The molecule has 1 fully saturated rings. The van der Waals surface area contributed by atoms with Gasteiger partial charge in [0.2, 0.25) is 0 Å². The van der Waals surface area contributed by atoms with E-state index in [1.54, 1.807) is 17.4 Å². The third kappa shape index (κ3) is 3.82. The zero-order valence-electron chi connectivity index (χ0n) is 12.0. The van der Waals surface area contributed by atoms with E-state index in [0.717, 1.165) is 17.2 Å². The number of ether oxygens (including phenoxy) is 1. The van der Waals surface area contributed by atoms with Gasteiger partial charge in [0.15, 0.2) is 0 Å². The number of rotatable bonds is 6. The van der Waals surface area contributed by atoms with Crippen LogP contribution in [0.4, 0.5) is 0 Å². The van der Waals surface area contributed by atoms with Crippen LogP contribution in [0.2, 0.25) is 0 Å². The number of carbonyl (C=O) groups excluding carboxylic acids is 1. The number of benzene rings is 1. The van der Waals surface area contributed by atoms with Gasteiger partial charge in [-0.05, 0) is 37.8 Å². The van der Waals surface area contributed by atoms with E-state index < -0.39 is 0 Å². The lowest BCUT2D eigenvalue weighted by molar-refractivity contribution is 0.0947. The van der Waals surface area contributed by atoms with Crippen molar-refractivity contribution >= 4 is 17.2 Å². The minimum Gasteiger partial charge on any atom is -0.486 e. The molecule has 3 rings (SSSR count). The summed E-state index contributed by atoms with van der Waals surface area (Å²) in [6, 6.07) is 7.35.